The Kier molecular flexibility index (Phi) is 5.35. The fraction of sp³-hybridized carbons (Fsp3) is 0.556. The van der Waals surface area contributed by atoms with Gasteiger partial charge in [-0.3, -0.25) is 9.59 Å². The van der Waals surface area contributed by atoms with Gasteiger partial charge in [0.25, 0.3) is 5.91 Å². The Labute approximate surface area is 142 Å². The fourth-order valence-electron chi connectivity index (χ4n) is 3.42. The zero-order valence-corrected chi connectivity index (χ0v) is 14.1. The van der Waals surface area contributed by atoms with Gasteiger partial charge in [-0.15, -0.1) is 0 Å². The van der Waals surface area contributed by atoms with Crippen molar-refractivity contribution in [1.29, 1.82) is 0 Å². The molecule has 2 N–H and O–H groups in total. The Morgan fingerprint density at radius 3 is 2.96 bits per heavy atom. The zero-order chi connectivity index (χ0) is 16.9. The third-order valence-corrected chi connectivity index (χ3v) is 4.80. The normalized spacial score (nSPS) is 21.3. The van der Waals surface area contributed by atoms with Crippen LogP contribution in [0.25, 0.3) is 0 Å². The van der Waals surface area contributed by atoms with Gasteiger partial charge in [0.2, 0.25) is 5.91 Å². The molecule has 1 aromatic carbocycles. The van der Waals surface area contributed by atoms with Gasteiger partial charge in [-0.25, -0.2) is 0 Å². The van der Waals surface area contributed by atoms with Crippen LogP contribution in [0.15, 0.2) is 18.2 Å². The first-order valence-corrected chi connectivity index (χ1v) is 8.61. The van der Waals surface area contributed by atoms with Crippen molar-refractivity contribution in [2.24, 2.45) is 5.92 Å². The van der Waals surface area contributed by atoms with E-state index < -0.39 is 0 Å². The lowest BCUT2D eigenvalue weighted by Crippen LogP contribution is -2.34. The van der Waals surface area contributed by atoms with E-state index in [9.17, 15) is 9.59 Å². The van der Waals surface area contributed by atoms with Gasteiger partial charge in [0.05, 0.1) is 7.11 Å². The Balaban J connectivity index is 1.76. The standard InChI is InChI=1S/C18H25N3O3/c1-24-16-3-2-14(11-15(16)10-13-4-6-19-12-13)18(23)21-8-5-17(22)20-7-9-21/h2-3,11,13,19H,4-10,12H2,1H3,(H,20,22). The Hall–Kier alpha value is -2.08. The van der Waals surface area contributed by atoms with E-state index >= 15 is 0 Å². The van der Waals surface area contributed by atoms with Crippen LogP contribution in [0.2, 0.25) is 0 Å². The fourth-order valence-corrected chi connectivity index (χ4v) is 3.42. The third kappa shape index (κ3) is 3.87. The molecule has 2 aliphatic heterocycles. The maximum Gasteiger partial charge on any atom is 0.253 e. The van der Waals surface area contributed by atoms with Gasteiger partial charge >= 0.3 is 0 Å². The summed E-state index contributed by atoms with van der Waals surface area (Å²) >= 11 is 0. The van der Waals surface area contributed by atoms with E-state index in [2.05, 4.69) is 10.6 Å². The van der Waals surface area contributed by atoms with Gasteiger partial charge in [0.15, 0.2) is 0 Å². The molecule has 0 spiro atoms. The monoisotopic (exact) mass is 331 g/mol. The lowest BCUT2D eigenvalue weighted by atomic mass is 9.96. The van der Waals surface area contributed by atoms with Crippen LogP contribution < -0.4 is 15.4 Å². The molecule has 2 saturated heterocycles. The minimum Gasteiger partial charge on any atom is -0.496 e. The molecule has 2 fully saturated rings. The number of hydrogen-bond acceptors (Lipinski definition) is 4. The zero-order valence-electron chi connectivity index (χ0n) is 14.1. The van der Waals surface area contributed by atoms with Crippen LogP contribution >= 0.6 is 0 Å². The number of ether oxygens (including phenoxy) is 1. The molecule has 6 nitrogen and oxygen atoms in total. The van der Waals surface area contributed by atoms with Gasteiger partial charge in [0, 0.05) is 31.6 Å². The molecule has 3 rings (SSSR count). The predicted octanol–water partition coefficient (Wildman–Crippen LogP) is 0.809. The summed E-state index contributed by atoms with van der Waals surface area (Å²) in [6.45, 7) is 3.61. The summed E-state index contributed by atoms with van der Waals surface area (Å²) in [5.74, 6) is 1.42. The molecule has 0 bridgehead atoms. The summed E-state index contributed by atoms with van der Waals surface area (Å²) in [5, 5.41) is 6.17. The smallest absolute Gasteiger partial charge is 0.253 e. The summed E-state index contributed by atoms with van der Waals surface area (Å²) in [5.41, 5.74) is 1.76. The minimum absolute atomic E-state index is 0.00875. The first kappa shape index (κ1) is 16.8. The van der Waals surface area contributed by atoms with Crippen LogP contribution in [0.4, 0.5) is 0 Å². The Morgan fingerprint density at radius 1 is 1.33 bits per heavy atom. The number of nitrogens with zero attached hydrogens (tertiary/aromatic N) is 1. The summed E-state index contributed by atoms with van der Waals surface area (Å²) in [7, 11) is 1.67. The average molecular weight is 331 g/mol. The van der Waals surface area contributed by atoms with Crippen molar-refractivity contribution in [3.8, 4) is 5.75 Å². The van der Waals surface area contributed by atoms with Crippen LogP contribution in [-0.2, 0) is 11.2 Å². The highest BCUT2D eigenvalue weighted by Gasteiger charge is 2.22. The van der Waals surface area contributed by atoms with Crippen LogP contribution in [0, 0.1) is 5.92 Å². The van der Waals surface area contributed by atoms with E-state index in [-0.39, 0.29) is 11.8 Å². The van der Waals surface area contributed by atoms with Crippen molar-refractivity contribution < 1.29 is 14.3 Å². The third-order valence-electron chi connectivity index (χ3n) is 4.80. The second-order valence-electron chi connectivity index (χ2n) is 6.48. The highest BCUT2D eigenvalue weighted by molar-refractivity contribution is 5.95. The predicted molar refractivity (Wildman–Crippen MR) is 91.2 cm³/mol. The topological polar surface area (TPSA) is 70.7 Å². The molecule has 1 unspecified atom stereocenters. The highest BCUT2D eigenvalue weighted by Crippen LogP contribution is 2.26. The highest BCUT2D eigenvalue weighted by atomic mass is 16.5. The molecule has 130 valence electrons. The molecular weight excluding hydrogens is 306 g/mol. The van der Waals surface area contributed by atoms with Crippen LogP contribution in [0.1, 0.15) is 28.8 Å². The number of carbonyl (C=O) groups is 2. The lowest BCUT2D eigenvalue weighted by molar-refractivity contribution is -0.120. The number of nitrogens with one attached hydrogen (secondary N) is 2. The number of rotatable bonds is 4. The minimum atomic E-state index is -0.0139. The first-order valence-electron chi connectivity index (χ1n) is 8.61. The van der Waals surface area contributed by atoms with E-state index in [0.717, 1.165) is 37.2 Å². The molecular formula is C18H25N3O3. The van der Waals surface area contributed by atoms with E-state index in [1.54, 1.807) is 12.0 Å². The molecule has 0 aliphatic carbocycles. The van der Waals surface area contributed by atoms with Gasteiger partial charge in [0.1, 0.15) is 5.75 Å². The van der Waals surface area contributed by atoms with E-state index in [4.69, 9.17) is 4.74 Å². The molecule has 0 radical (unpaired) electrons. The molecule has 6 heteroatoms. The maximum absolute atomic E-state index is 12.8. The molecule has 1 atom stereocenters. The molecule has 24 heavy (non-hydrogen) atoms. The molecule has 1 aromatic rings. The van der Waals surface area contributed by atoms with Gasteiger partial charge in [-0.1, -0.05) is 0 Å². The molecule has 2 aliphatic rings. The number of methoxy groups -OCH3 is 1. The van der Waals surface area contributed by atoms with Crippen LogP contribution in [-0.4, -0.2) is 56.5 Å². The molecule has 0 saturated carbocycles. The van der Waals surface area contributed by atoms with Gasteiger partial charge < -0.3 is 20.3 Å². The van der Waals surface area contributed by atoms with Crippen molar-refractivity contribution in [3.05, 3.63) is 29.3 Å². The summed E-state index contributed by atoms with van der Waals surface area (Å²) < 4.78 is 5.47. The number of hydrogen-bond donors (Lipinski definition) is 2. The maximum atomic E-state index is 12.8. The quantitative estimate of drug-likeness (QED) is 0.857. The van der Waals surface area contributed by atoms with Crippen molar-refractivity contribution in [2.75, 3.05) is 39.8 Å². The molecule has 2 heterocycles. The Morgan fingerprint density at radius 2 is 2.21 bits per heavy atom. The summed E-state index contributed by atoms with van der Waals surface area (Å²) in [4.78, 5) is 26.0. The number of amides is 2. The Bertz CT molecular complexity index is 612. The summed E-state index contributed by atoms with van der Waals surface area (Å²) in [6, 6.07) is 5.66. The van der Waals surface area contributed by atoms with Gasteiger partial charge in [-0.2, -0.15) is 0 Å². The van der Waals surface area contributed by atoms with Crippen molar-refractivity contribution in [2.45, 2.75) is 19.3 Å². The first-order chi connectivity index (χ1) is 11.7. The second-order valence-corrected chi connectivity index (χ2v) is 6.48. The van der Waals surface area contributed by atoms with Crippen molar-refractivity contribution >= 4 is 11.8 Å². The molecule has 2 amide bonds. The van der Waals surface area contributed by atoms with Crippen LogP contribution in [0.5, 0.6) is 5.75 Å². The van der Waals surface area contributed by atoms with E-state index in [1.807, 2.05) is 18.2 Å². The molecule has 0 aromatic heterocycles. The SMILES string of the molecule is COc1ccc(C(=O)N2CCNC(=O)CC2)cc1CC1CCNC1. The van der Waals surface area contributed by atoms with Gasteiger partial charge in [-0.05, 0) is 55.6 Å². The van der Waals surface area contributed by atoms with Crippen LogP contribution in [0.3, 0.4) is 0 Å². The number of benzene rings is 1. The lowest BCUT2D eigenvalue weighted by Gasteiger charge is -2.21. The number of carbonyl (C=O) groups excluding carboxylic acids is 2. The average Bonchev–Trinajstić information content (AvgIpc) is 3.00. The summed E-state index contributed by atoms with van der Waals surface area (Å²) in [6.07, 6.45) is 2.43. The second kappa shape index (κ2) is 7.66. The largest absolute Gasteiger partial charge is 0.496 e. The van der Waals surface area contributed by atoms with E-state index in [1.165, 1.54) is 0 Å². The van der Waals surface area contributed by atoms with E-state index in [0.29, 0.717) is 37.5 Å². The van der Waals surface area contributed by atoms with Crippen molar-refractivity contribution in [3.63, 3.8) is 0 Å². The van der Waals surface area contributed by atoms with Crippen molar-refractivity contribution in [1.82, 2.24) is 15.5 Å².